The van der Waals surface area contributed by atoms with Crippen LogP contribution >= 0.6 is 0 Å². The Morgan fingerprint density at radius 3 is 2.60 bits per heavy atom. The van der Waals surface area contributed by atoms with E-state index in [2.05, 4.69) is 39.8 Å². The number of fused-ring (bicyclic) bond motifs is 1. The average Bonchev–Trinajstić information content (AvgIpc) is 2.65. The summed E-state index contributed by atoms with van der Waals surface area (Å²) in [5.74, 6) is 1.80. The minimum absolute atomic E-state index is 0.575. The van der Waals surface area contributed by atoms with E-state index in [4.69, 9.17) is 0 Å². The van der Waals surface area contributed by atoms with Crippen LogP contribution in [0.1, 0.15) is 53.4 Å². The summed E-state index contributed by atoms with van der Waals surface area (Å²) < 4.78 is 0. The molecule has 2 unspecified atom stereocenters. The third-order valence-electron chi connectivity index (χ3n) is 4.48. The summed E-state index contributed by atoms with van der Waals surface area (Å²) in [7, 11) is 0. The highest BCUT2D eigenvalue weighted by molar-refractivity contribution is 5.19. The molecule has 0 spiro atoms. The van der Waals surface area contributed by atoms with Crippen LogP contribution in [0, 0.1) is 17.3 Å². The zero-order valence-electron chi connectivity index (χ0n) is 10.6. The van der Waals surface area contributed by atoms with Gasteiger partial charge in [0, 0.05) is 0 Å². The van der Waals surface area contributed by atoms with Gasteiger partial charge in [-0.1, -0.05) is 37.1 Å². The van der Waals surface area contributed by atoms with Gasteiger partial charge in [0.15, 0.2) is 0 Å². The van der Waals surface area contributed by atoms with Crippen molar-refractivity contribution >= 4 is 0 Å². The number of rotatable bonds is 0. The van der Waals surface area contributed by atoms with Gasteiger partial charge in [-0.2, -0.15) is 0 Å². The second-order valence-corrected chi connectivity index (χ2v) is 6.09. The van der Waals surface area contributed by atoms with Crippen LogP contribution in [0.25, 0.3) is 0 Å². The molecule has 0 N–H and O–H groups in total. The maximum Gasteiger partial charge on any atom is -0.0143 e. The molecule has 0 bridgehead atoms. The second-order valence-electron chi connectivity index (χ2n) is 6.09. The molecule has 0 aromatic carbocycles. The fourth-order valence-electron chi connectivity index (χ4n) is 3.09. The highest BCUT2D eigenvalue weighted by atomic mass is 14.6. The van der Waals surface area contributed by atoms with E-state index in [1.165, 1.54) is 25.7 Å². The van der Waals surface area contributed by atoms with Crippen molar-refractivity contribution in [2.75, 3.05) is 0 Å². The fraction of sp³-hybridized carbons (Fsp3) is 0.733. The third kappa shape index (κ3) is 2.19. The van der Waals surface area contributed by atoms with Gasteiger partial charge in [0.05, 0.1) is 0 Å². The number of hydrogen-bond donors (Lipinski definition) is 0. The summed E-state index contributed by atoms with van der Waals surface area (Å²) in [4.78, 5) is 0. The molecule has 0 radical (unpaired) electrons. The largest absolute Gasteiger partial charge is 0.0853 e. The van der Waals surface area contributed by atoms with Crippen LogP contribution < -0.4 is 0 Å². The minimum atomic E-state index is 0.575. The highest BCUT2D eigenvalue weighted by Gasteiger charge is 2.55. The van der Waals surface area contributed by atoms with Gasteiger partial charge < -0.3 is 0 Å². The molecule has 0 heterocycles. The van der Waals surface area contributed by atoms with Crippen molar-refractivity contribution in [3.63, 3.8) is 0 Å². The fourth-order valence-corrected chi connectivity index (χ4v) is 3.09. The van der Waals surface area contributed by atoms with Crippen LogP contribution in [0.4, 0.5) is 0 Å². The molecule has 1 saturated carbocycles. The normalized spacial score (nSPS) is 41.9. The molecule has 0 aromatic heterocycles. The molecule has 0 heteroatoms. The van der Waals surface area contributed by atoms with Gasteiger partial charge in [-0.05, 0) is 56.8 Å². The van der Waals surface area contributed by atoms with Crippen molar-refractivity contribution in [2.24, 2.45) is 17.3 Å². The molecule has 0 saturated heterocycles. The molecule has 15 heavy (non-hydrogen) atoms. The lowest BCUT2D eigenvalue weighted by molar-refractivity contribution is 0.528. The number of allylic oxidation sites excluding steroid dienone is 4. The minimum Gasteiger partial charge on any atom is -0.0853 e. The first-order chi connectivity index (χ1) is 7.01. The van der Waals surface area contributed by atoms with E-state index in [9.17, 15) is 0 Å². The van der Waals surface area contributed by atoms with Crippen molar-refractivity contribution in [3.05, 3.63) is 23.3 Å². The van der Waals surface area contributed by atoms with Crippen molar-refractivity contribution in [1.29, 1.82) is 0 Å². The molecule has 0 amide bonds. The first-order valence-electron chi connectivity index (χ1n) is 6.34. The van der Waals surface area contributed by atoms with Crippen LogP contribution in [-0.2, 0) is 0 Å². The van der Waals surface area contributed by atoms with Crippen molar-refractivity contribution in [3.8, 4) is 0 Å². The Hall–Kier alpha value is -0.520. The SMILES string of the molecule is C/C1=C/C2C(CC/C(C)=C\CC1)C2(C)C. The zero-order chi connectivity index (χ0) is 11.1. The predicted octanol–water partition coefficient (Wildman–Crippen LogP) is 4.73. The lowest BCUT2D eigenvalue weighted by Gasteiger charge is -2.05. The molecule has 0 nitrogen and oxygen atoms in total. The molecular formula is C15H24. The average molecular weight is 204 g/mol. The van der Waals surface area contributed by atoms with Crippen LogP contribution in [-0.4, -0.2) is 0 Å². The van der Waals surface area contributed by atoms with Gasteiger partial charge >= 0.3 is 0 Å². The van der Waals surface area contributed by atoms with E-state index in [1.54, 1.807) is 11.1 Å². The summed E-state index contributed by atoms with van der Waals surface area (Å²) in [6.07, 6.45) is 10.2. The summed E-state index contributed by atoms with van der Waals surface area (Å²) in [6, 6.07) is 0. The topological polar surface area (TPSA) is 0 Å². The number of hydrogen-bond acceptors (Lipinski definition) is 0. The first-order valence-corrected chi connectivity index (χ1v) is 6.34. The smallest absolute Gasteiger partial charge is 0.0143 e. The standard InChI is InChI=1S/C15H24/c1-11-6-5-7-12(2)10-14-13(9-8-11)15(14,3)4/h6,10,13-14H,5,7-9H2,1-4H3/b11-6-,12-10-. The van der Waals surface area contributed by atoms with Gasteiger partial charge in [-0.3, -0.25) is 0 Å². The summed E-state index contributed by atoms with van der Waals surface area (Å²) in [5.41, 5.74) is 3.78. The Morgan fingerprint density at radius 2 is 1.87 bits per heavy atom. The van der Waals surface area contributed by atoms with Crippen molar-refractivity contribution in [2.45, 2.75) is 53.4 Å². The Morgan fingerprint density at radius 1 is 1.13 bits per heavy atom. The molecule has 2 atom stereocenters. The lowest BCUT2D eigenvalue weighted by atomic mass is 10.0. The van der Waals surface area contributed by atoms with Gasteiger partial charge in [-0.15, -0.1) is 0 Å². The van der Waals surface area contributed by atoms with E-state index in [0.717, 1.165) is 11.8 Å². The Bertz CT molecular complexity index is 304. The van der Waals surface area contributed by atoms with Crippen LogP contribution in [0.3, 0.4) is 0 Å². The maximum absolute atomic E-state index is 2.55. The van der Waals surface area contributed by atoms with Gasteiger partial charge in [0.2, 0.25) is 0 Å². The van der Waals surface area contributed by atoms with Crippen molar-refractivity contribution < 1.29 is 0 Å². The third-order valence-corrected chi connectivity index (χ3v) is 4.48. The molecule has 84 valence electrons. The molecule has 2 aliphatic rings. The summed E-state index contributed by atoms with van der Waals surface area (Å²) in [5, 5.41) is 0. The summed E-state index contributed by atoms with van der Waals surface area (Å²) >= 11 is 0. The van der Waals surface area contributed by atoms with E-state index in [-0.39, 0.29) is 0 Å². The van der Waals surface area contributed by atoms with E-state index in [1.807, 2.05) is 0 Å². The molecule has 2 rings (SSSR count). The molecule has 2 aliphatic carbocycles. The summed E-state index contributed by atoms with van der Waals surface area (Å²) in [6.45, 7) is 9.47. The highest BCUT2D eigenvalue weighted by Crippen LogP contribution is 2.61. The lowest BCUT2D eigenvalue weighted by Crippen LogP contribution is -1.90. The van der Waals surface area contributed by atoms with E-state index < -0.39 is 0 Å². The predicted molar refractivity (Wildman–Crippen MR) is 66.7 cm³/mol. The molecule has 0 aliphatic heterocycles. The second kappa shape index (κ2) is 3.81. The van der Waals surface area contributed by atoms with Gasteiger partial charge in [0.25, 0.3) is 0 Å². The van der Waals surface area contributed by atoms with Crippen LogP contribution in [0.2, 0.25) is 0 Å². The van der Waals surface area contributed by atoms with E-state index in [0.29, 0.717) is 5.41 Å². The zero-order valence-corrected chi connectivity index (χ0v) is 10.6. The Balaban J connectivity index is 2.13. The van der Waals surface area contributed by atoms with Crippen LogP contribution in [0.5, 0.6) is 0 Å². The monoisotopic (exact) mass is 204 g/mol. The molecule has 0 aromatic rings. The van der Waals surface area contributed by atoms with Crippen molar-refractivity contribution in [1.82, 2.24) is 0 Å². The molecular weight excluding hydrogens is 180 g/mol. The van der Waals surface area contributed by atoms with Crippen LogP contribution in [0.15, 0.2) is 23.3 Å². The van der Waals surface area contributed by atoms with E-state index >= 15 is 0 Å². The first kappa shape index (κ1) is 11.0. The molecule has 1 fully saturated rings. The van der Waals surface area contributed by atoms with Gasteiger partial charge in [0.1, 0.15) is 0 Å². The quantitative estimate of drug-likeness (QED) is 0.501. The Kier molecular flexibility index (Phi) is 2.79. The Labute approximate surface area is 94.5 Å². The van der Waals surface area contributed by atoms with Gasteiger partial charge in [-0.25, -0.2) is 0 Å². The maximum atomic E-state index is 2.55.